The highest BCUT2D eigenvalue weighted by Crippen LogP contribution is 2.50. The number of ether oxygens (including phenoxy) is 2. The summed E-state index contributed by atoms with van der Waals surface area (Å²) >= 11 is 0. The van der Waals surface area contributed by atoms with Crippen LogP contribution >= 0.6 is 0 Å². The van der Waals surface area contributed by atoms with E-state index in [1.807, 2.05) is 24.0 Å². The van der Waals surface area contributed by atoms with Crippen molar-refractivity contribution >= 4 is 5.91 Å². The van der Waals surface area contributed by atoms with Crippen LogP contribution in [0.5, 0.6) is 11.5 Å². The number of nitrogens with two attached hydrogens (primary N) is 1. The van der Waals surface area contributed by atoms with Crippen molar-refractivity contribution in [3.8, 4) is 11.5 Å². The number of carbonyl (C=O) groups excluding carboxylic acids is 1. The monoisotopic (exact) mass is 330 g/mol. The minimum atomic E-state index is 0.124. The van der Waals surface area contributed by atoms with Crippen LogP contribution < -0.4 is 15.2 Å². The average molecular weight is 330 g/mol. The maximum atomic E-state index is 12.8. The van der Waals surface area contributed by atoms with Crippen molar-refractivity contribution in [1.82, 2.24) is 4.90 Å². The fraction of sp³-hybridized carbons (Fsp3) is 0.632. The van der Waals surface area contributed by atoms with Crippen molar-refractivity contribution in [1.29, 1.82) is 0 Å². The molecule has 1 saturated carbocycles. The highest BCUT2D eigenvalue weighted by atomic mass is 16.6. The Morgan fingerprint density at radius 1 is 1.29 bits per heavy atom. The summed E-state index contributed by atoms with van der Waals surface area (Å²) in [6.45, 7) is 4.95. The van der Waals surface area contributed by atoms with E-state index in [2.05, 4.69) is 6.07 Å². The second kappa shape index (κ2) is 6.28. The number of rotatable bonds is 3. The van der Waals surface area contributed by atoms with Gasteiger partial charge in [0.1, 0.15) is 13.2 Å². The van der Waals surface area contributed by atoms with Gasteiger partial charge in [-0.1, -0.05) is 6.07 Å². The SMILES string of the molecule is CC(N)C1CCCN(C(=O)C2CC2c2ccc3c(c2)OCCO3)C1. The molecule has 3 aliphatic rings. The Morgan fingerprint density at radius 2 is 2.08 bits per heavy atom. The summed E-state index contributed by atoms with van der Waals surface area (Å²) in [4.78, 5) is 14.9. The van der Waals surface area contributed by atoms with Gasteiger partial charge < -0.3 is 20.1 Å². The first kappa shape index (κ1) is 15.8. The van der Waals surface area contributed by atoms with E-state index in [-0.39, 0.29) is 12.0 Å². The summed E-state index contributed by atoms with van der Waals surface area (Å²) in [5.74, 6) is 2.81. The smallest absolute Gasteiger partial charge is 0.226 e. The predicted octanol–water partition coefficient (Wildman–Crippen LogP) is 2.15. The van der Waals surface area contributed by atoms with Crippen molar-refractivity contribution in [2.45, 2.75) is 38.1 Å². The number of hydrogen-bond donors (Lipinski definition) is 1. The van der Waals surface area contributed by atoms with Gasteiger partial charge in [-0.05, 0) is 55.7 Å². The molecule has 1 saturated heterocycles. The molecule has 5 heteroatoms. The lowest BCUT2D eigenvalue weighted by Crippen LogP contribution is -2.45. The maximum Gasteiger partial charge on any atom is 0.226 e. The van der Waals surface area contributed by atoms with E-state index in [4.69, 9.17) is 15.2 Å². The van der Waals surface area contributed by atoms with Crippen LogP contribution in [0, 0.1) is 11.8 Å². The molecule has 24 heavy (non-hydrogen) atoms. The quantitative estimate of drug-likeness (QED) is 0.922. The van der Waals surface area contributed by atoms with Gasteiger partial charge in [-0.25, -0.2) is 0 Å². The Labute approximate surface area is 143 Å². The Hall–Kier alpha value is -1.75. The average Bonchev–Trinajstić information content (AvgIpc) is 3.41. The van der Waals surface area contributed by atoms with Crippen molar-refractivity contribution < 1.29 is 14.3 Å². The van der Waals surface area contributed by atoms with Gasteiger partial charge in [0, 0.05) is 25.0 Å². The molecule has 1 amide bonds. The minimum Gasteiger partial charge on any atom is -0.486 e. The van der Waals surface area contributed by atoms with Crippen LogP contribution in [-0.4, -0.2) is 43.2 Å². The number of fused-ring (bicyclic) bond motifs is 1. The van der Waals surface area contributed by atoms with Gasteiger partial charge in [0.15, 0.2) is 11.5 Å². The number of benzene rings is 1. The molecule has 4 rings (SSSR count). The third kappa shape index (κ3) is 2.97. The summed E-state index contributed by atoms with van der Waals surface area (Å²) in [7, 11) is 0. The normalized spacial score (nSPS) is 29.9. The molecule has 0 spiro atoms. The number of piperidine rings is 1. The third-order valence-corrected chi connectivity index (χ3v) is 5.62. The topological polar surface area (TPSA) is 64.8 Å². The molecule has 0 bridgehead atoms. The van der Waals surface area contributed by atoms with Gasteiger partial charge in [0.2, 0.25) is 5.91 Å². The Balaban J connectivity index is 1.41. The number of hydrogen-bond acceptors (Lipinski definition) is 4. The summed E-state index contributed by atoms with van der Waals surface area (Å²) in [5, 5.41) is 0. The fourth-order valence-corrected chi connectivity index (χ4v) is 4.00. The molecule has 2 aliphatic heterocycles. The second-order valence-corrected chi connectivity index (χ2v) is 7.40. The van der Waals surface area contributed by atoms with E-state index in [0.29, 0.717) is 31.0 Å². The molecular weight excluding hydrogens is 304 g/mol. The Bertz CT molecular complexity index is 631. The van der Waals surface area contributed by atoms with Crippen LogP contribution in [0.2, 0.25) is 0 Å². The number of likely N-dealkylation sites (tertiary alicyclic amines) is 1. The molecule has 2 N–H and O–H groups in total. The fourth-order valence-electron chi connectivity index (χ4n) is 4.00. The summed E-state index contributed by atoms with van der Waals surface area (Å²) in [5.41, 5.74) is 7.23. The first-order chi connectivity index (χ1) is 11.6. The predicted molar refractivity (Wildman–Crippen MR) is 91.2 cm³/mol. The zero-order chi connectivity index (χ0) is 16.7. The van der Waals surface area contributed by atoms with Crippen molar-refractivity contribution in [2.75, 3.05) is 26.3 Å². The lowest BCUT2D eigenvalue weighted by atomic mass is 9.92. The largest absolute Gasteiger partial charge is 0.486 e. The first-order valence-electron chi connectivity index (χ1n) is 9.07. The standard InChI is InChI=1S/C19H26N2O3/c1-12(20)14-3-2-6-21(11-14)19(22)16-10-15(16)13-4-5-17-18(9-13)24-8-7-23-17/h4-5,9,12,14-16H,2-3,6-8,10-11,20H2,1H3. The highest BCUT2D eigenvalue weighted by Gasteiger charge is 2.46. The van der Waals surface area contributed by atoms with Gasteiger partial charge in [-0.3, -0.25) is 4.79 Å². The van der Waals surface area contributed by atoms with E-state index < -0.39 is 0 Å². The number of nitrogens with zero attached hydrogens (tertiary/aromatic N) is 1. The first-order valence-corrected chi connectivity index (χ1v) is 9.07. The van der Waals surface area contributed by atoms with Crippen LogP contribution in [0.25, 0.3) is 0 Å². The maximum absolute atomic E-state index is 12.8. The highest BCUT2D eigenvalue weighted by molar-refractivity contribution is 5.83. The summed E-state index contributed by atoms with van der Waals surface area (Å²) in [6.07, 6.45) is 3.15. The van der Waals surface area contributed by atoms with E-state index in [1.165, 1.54) is 5.56 Å². The molecule has 5 nitrogen and oxygen atoms in total. The van der Waals surface area contributed by atoms with Crippen LogP contribution in [0.3, 0.4) is 0 Å². The van der Waals surface area contributed by atoms with E-state index >= 15 is 0 Å². The lowest BCUT2D eigenvalue weighted by Gasteiger charge is -2.35. The van der Waals surface area contributed by atoms with E-state index in [1.54, 1.807) is 0 Å². The number of carbonyl (C=O) groups is 1. The lowest BCUT2D eigenvalue weighted by molar-refractivity contribution is -0.134. The minimum absolute atomic E-state index is 0.124. The van der Waals surface area contributed by atoms with Crippen molar-refractivity contribution in [3.63, 3.8) is 0 Å². The van der Waals surface area contributed by atoms with Crippen molar-refractivity contribution in [2.24, 2.45) is 17.6 Å². The molecular formula is C19H26N2O3. The second-order valence-electron chi connectivity index (χ2n) is 7.40. The third-order valence-electron chi connectivity index (χ3n) is 5.62. The van der Waals surface area contributed by atoms with E-state index in [0.717, 1.165) is 43.9 Å². The molecule has 1 aliphatic carbocycles. The summed E-state index contributed by atoms with van der Waals surface area (Å²) in [6, 6.07) is 6.25. The van der Waals surface area contributed by atoms with Crippen LogP contribution in [0.4, 0.5) is 0 Å². The van der Waals surface area contributed by atoms with E-state index in [9.17, 15) is 4.79 Å². The van der Waals surface area contributed by atoms with Gasteiger partial charge in [-0.15, -0.1) is 0 Å². The van der Waals surface area contributed by atoms with Crippen LogP contribution in [0.15, 0.2) is 18.2 Å². The van der Waals surface area contributed by atoms with Gasteiger partial charge in [-0.2, -0.15) is 0 Å². The van der Waals surface area contributed by atoms with Gasteiger partial charge >= 0.3 is 0 Å². The van der Waals surface area contributed by atoms with Crippen LogP contribution in [-0.2, 0) is 4.79 Å². The molecule has 1 aromatic rings. The summed E-state index contributed by atoms with van der Waals surface area (Å²) < 4.78 is 11.2. The molecule has 0 radical (unpaired) electrons. The van der Waals surface area contributed by atoms with Gasteiger partial charge in [0.05, 0.1) is 0 Å². The molecule has 0 aromatic heterocycles. The Morgan fingerprint density at radius 3 is 2.88 bits per heavy atom. The van der Waals surface area contributed by atoms with Crippen molar-refractivity contribution in [3.05, 3.63) is 23.8 Å². The zero-order valence-electron chi connectivity index (χ0n) is 14.2. The molecule has 4 atom stereocenters. The molecule has 4 unspecified atom stereocenters. The van der Waals surface area contributed by atoms with Gasteiger partial charge in [0.25, 0.3) is 0 Å². The van der Waals surface area contributed by atoms with Crippen LogP contribution in [0.1, 0.15) is 37.7 Å². The molecule has 2 heterocycles. The molecule has 130 valence electrons. The Kier molecular flexibility index (Phi) is 4.12. The zero-order valence-corrected chi connectivity index (χ0v) is 14.2. The molecule has 2 fully saturated rings. The number of amides is 1. The molecule has 1 aromatic carbocycles.